The van der Waals surface area contributed by atoms with Crippen molar-refractivity contribution in [3.05, 3.63) is 47.0 Å². The van der Waals surface area contributed by atoms with Crippen LogP contribution in [0.15, 0.2) is 35.0 Å². The monoisotopic (exact) mass is 393 g/mol. The van der Waals surface area contributed by atoms with E-state index in [-0.39, 0.29) is 12.4 Å². The highest BCUT2D eigenvalue weighted by Crippen LogP contribution is 2.36. The topological polar surface area (TPSA) is 82.8 Å². The van der Waals surface area contributed by atoms with Crippen molar-refractivity contribution < 1.29 is 4.52 Å². The summed E-state index contributed by atoms with van der Waals surface area (Å²) in [5.74, 6) is 1.06. The summed E-state index contributed by atoms with van der Waals surface area (Å²) in [6.45, 7) is 2.07. The van der Waals surface area contributed by atoms with Gasteiger partial charge in [-0.05, 0) is 37.5 Å². The Hall–Kier alpha value is -1.89. The maximum Gasteiger partial charge on any atom is 0.261 e. The summed E-state index contributed by atoms with van der Waals surface area (Å²) in [6, 6.07) is 7.59. The lowest BCUT2D eigenvalue weighted by molar-refractivity contribution is 0.372. The van der Waals surface area contributed by atoms with E-state index < -0.39 is 5.54 Å². The molecule has 1 fully saturated rings. The van der Waals surface area contributed by atoms with Gasteiger partial charge in [0, 0.05) is 5.02 Å². The Morgan fingerprint density at radius 1 is 1.31 bits per heavy atom. The number of hydrogen-bond acceptors (Lipinski definition) is 5. The second-order valence-corrected chi connectivity index (χ2v) is 6.97. The number of rotatable bonds is 4. The van der Waals surface area contributed by atoms with Crippen molar-refractivity contribution in [2.45, 2.75) is 44.6 Å². The average Bonchev–Trinajstić information content (AvgIpc) is 3.33. The molecule has 2 heterocycles. The lowest BCUT2D eigenvalue weighted by atomic mass is 9.99. The van der Waals surface area contributed by atoms with Gasteiger partial charge in [0.2, 0.25) is 0 Å². The van der Waals surface area contributed by atoms with Crippen LogP contribution in [0.2, 0.25) is 5.02 Å². The van der Waals surface area contributed by atoms with Crippen molar-refractivity contribution in [1.29, 1.82) is 0 Å². The smallest absolute Gasteiger partial charge is 0.261 e. The molecule has 0 saturated heterocycles. The van der Waals surface area contributed by atoms with Gasteiger partial charge in [0.15, 0.2) is 5.82 Å². The zero-order valence-corrected chi connectivity index (χ0v) is 16.1. The molecule has 0 radical (unpaired) electrons. The molecule has 1 aromatic carbocycles. The molecule has 3 aromatic rings. The van der Waals surface area contributed by atoms with Gasteiger partial charge in [0.25, 0.3) is 5.89 Å². The third-order valence-corrected chi connectivity index (χ3v) is 5.09. The molecule has 138 valence electrons. The minimum Gasteiger partial charge on any atom is -0.334 e. The minimum absolute atomic E-state index is 0. The number of aromatic nitrogens is 4. The van der Waals surface area contributed by atoms with E-state index in [0.717, 1.165) is 49.0 Å². The standard InChI is InChI=1S/C18H20ClN5O.ClH/c1-2-15-14(11-21-24(15)13-7-5-6-12(19)10-13)16-22-17(23-25-16)18(20)8-3-4-9-18;/h5-7,10-11H,2-4,8-9,20H2,1H3;1H. The van der Waals surface area contributed by atoms with Gasteiger partial charge in [-0.2, -0.15) is 10.1 Å². The van der Waals surface area contributed by atoms with E-state index in [9.17, 15) is 0 Å². The molecule has 0 bridgehead atoms. The van der Waals surface area contributed by atoms with Gasteiger partial charge in [-0.3, -0.25) is 0 Å². The number of hydrogen-bond donors (Lipinski definition) is 1. The van der Waals surface area contributed by atoms with Gasteiger partial charge in [-0.25, -0.2) is 4.68 Å². The molecular weight excluding hydrogens is 373 g/mol. The van der Waals surface area contributed by atoms with Crippen LogP contribution in [0.5, 0.6) is 0 Å². The lowest BCUT2D eigenvalue weighted by Crippen LogP contribution is -2.34. The SMILES string of the molecule is CCc1c(-c2nc(C3(N)CCCC3)no2)cnn1-c1cccc(Cl)c1.Cl. The molecule has 1 aliphatic rings. The van der Waals surface area contributed by atoms with Crippen LogP contribution in [0.25, 0.3) is 17.1 Å². The summed E-state index contributed by atoms with van der Waals surface area (Å²) in [5.41, 5.74) is 8.71. The predicted molar refractivity (Wildman–Crippen MR) is 103 cm³/mol. The van der Waals surface area contributed by atoms with E-state index in [1.54, 1.807) is 6.20 Å². The second-order valence-electron chi connectivity index (χ2n) is 6.54. The molecule has 6 nitrogen and oxygen atoms in total. The first-order valence-electron chi connectivity index (χ1n) is 8.57. The van der Waals surface area contributed by atoms with Crippen LogP contribution in [0, 0.1) is 0 Å². The first-order valence-corrected chi connectivity index (χ1v) is 8.95. The Morgan fingerprint density at radius 2 is 2.08 bits per heavy atom. The third-order valence-electron chi connectivity index (χ3n) is 4.85. The summed E-state index contributed by atoms with van der Waals surface area (Å²) < 4.78 is 7.38. The average molecular weight is 394 g/mol. The number of nitrogens with zero attached hydrogens (tertiary/aromatic N) is 4. The highest BCUT2D eigenvalue weighted by atomic mass is 35.5. The lowest BCUT2D eigenvalue weighted by Gasteiger charge is -2.17. The maximum absolute atomic E-state index is 6.43. The predicted octanol–water partition coefficient (Wildman–Crippen LogP) is 4.29. The normalized spacial score (nSPS) is 15.8. The molecule has 4 rings (SSSR count). The fraction of sp³-hybridized carbons (Fsp3) is 0.389. The van der Waals surface area contributed by atoms with E-state index in [2.05, 4.69) is 22.2 Å². The summed E-state index contributed by atoms with van der Waals surface area (Å²) in [4.78, 5) is 4.59. The Morgan fingerprint density at radius 3 is 2.77 bits per heavy atom. The van der Waals surface area contributed by atoms with Crippen molar-refractivity contribution in [3.8, 4) is 17.1 Å². The molecule has 0 atom stereocenters. The number of nitrogens with two attached hydrogens (primary N) is 1. The Kier molecular flexibility index (Phi) is 5.37. The van der Waals surface area contributed by atoms with Gasteiger partial charge in [-0.15, -0.1) is 12.4 Å². The quantitative estimate of drug-likeness (QED) is 0.714. The van der Waals surface area contributed by atoms with E-state index >= 15 is 0 Å². The fourth-order valence-electron chi connectivity index (χ4n) is 3.49. The zero-order chi connectivity index (χ0) is 17.4. The third kappa shape index (κ3) is 3.24. The zero-order valence-electron chi connectivity index (χ0n) is 14.5. The Labute approximate surface area is 163 Å². The highest BCUT2D eigenvalue weighted by Gasteiger charge is 2.36. The van der Waals surface area contributed by atoms with Gasteiger partial charge in [0.05, 0.1) is 28.7 Å². The Bertz CT molecular complexity index is 899. The van der Waals surface area contributed by atoms with Gasteiger partial charge in [-0.1, -0.05) is 42.6 Å². The van der Waals surface area contributed by atoms with E-state index in [0.29, 0.717) is 16.7 Å². The summed E-state index contributed by atoms with van der Waals surface area (Å²) in [5, 5.41) is 9.32. The first kappa shape index (κ1) is 18.9. The molecule has 0 unspecified atom stereocenters. The molecule has 0 spiro atoms. The van der Waals surface area contributed by atoms with Crippen molar-refractivity contribution in [1.82, 2.24) is 19.9 Å². The summed E-state index contributed by atoms with van der Waals surface area (Å²) in [6.07, 6.45) is 6.53. The highest BCUT2D eigenvalue weighted by molar-refractivity contribution is 6.30. The van der Waals surface area contributed by atoms with Crippen LogP contribution in [0.4, 0.5) is 0 Å². The number of halogens is 2. The molecule has 2 N–H and O–H groups in total. The second kappa shape index (κ2) is 7.39. The van der Waals surface area contributed by atoms with E-state index in [1.807, 2.05) is 28.9 Å². The maximum atomic E-state index is 6.43. The van der Waals surface area contributed by atoms with Crippen molar-refractivity contribution in [2.75, 3.05) is 0 Å². The molecule has 2 aromatic heterocycles. The van der Waals surface area contributed by atoms with Gasteiger partial charge >= 0.3 is 0 Å². The van der Waals surface area contributed by atoms with E-state index in [1.165, 1.54) is 0 Å². The molecule has 26 heavy (non-hydrogen) atoms. The Balaban J connectivity index is 0.00000196. The van der Waals surface area contributed by atoms with Crippen molar-refractivity contribution in [3.63, 3.8) is 0 Å². The van der Waals surface area contributed by atoms with Crippen LogP contribution in [-0.4, -0.2) is 19.9 Å². The summed E-state index contributed by atoms with van der Waals surface area (Å²) >= 11 is 6.11. The largest absolute Gasteiger partial charge is 0.334 e. The number of benzene rings is 1. The fourth-order valence-corrected chi connectivity index (χ4v) is 3.67. The van der Waals surface area contributed by atoms with Crippen LogP contribution in [0.1, 0.15) is 44.1 Å². The van der Waals surface area contributed by atoms with Crippen LogP contribution in [-0.2, 0) is 12.0 Å². The van der Waals surface area contributed by atoms with Gasteiger partial charge in [0.1, 0.15) is 0 Å². The van der Waals surface area contributed by atoms with Gasteiger partial charge < -0.3 is 10.3 Å². The van der Waals surface area contributed by atoms with Crippen molar-refractivity contribution >= 4 is 24.0 Å². The molecule has 1 aliphatic carbocycles. The molecule has 1 saturated carbocycles. The van der Waals surface area contributed by atoms with Crippen molar-refractivity contribution in [2.24, 2.45) is 5.73 Å². The van der Waals surface area contributed by atoms with Crippen LogP contribution < -0.4 is 5.73 Å². The first-order chi connectivity index (χ1) is 12.1. The molecule has 0 amide bonds. The minimum atomic E-state index is -0.461. The molecular formula is C18H21Cl2N5O. The van der Waals surface area contributed by atoms with E-state index in [4.69, 9.17) is 21.9 Å². The molecule has 8 heteroatoms. The van der Waals surface area contributed by atoms with Crippen LogP contribution >= 0.6 is 24.0 Å². The summed E-state index contributed by atoms with van der Waals surface area (Å²) in [7, 11) is 0. The van der Waals surface area contributed by atoms with Crippen LogP contribution in [0.3, 0.4) is 0 Å². The molecule has 0 aliphatic heterocycles.